The minimum absolute atomic E-state index is 0.0171. The largest absolute Gasteiger partial charge is 0.342 e. The lowest BCUT2D eigenvalue weighted by molar-refractivity contribution is -0.137. The maximum absolute atomic E-state index is 12.5. The molecule has 0 bridgehead atoms. The van der Waals surface area contributed by atoms with Gasteiger partial charge in [0.1, 0.15) is 0 Å². The molecule has 0 atom stereocenters. The van der Waals surface area contributed by atoms with Gasteiger partial charge in [-0.05, 0) is 36.1 Å². The van der Waals surface area contributed by atoms with E-state index in [1.54, 1.807) is 0 Å². The van der Waals surface area contributed by atoms with Crippen molar-refractivity contribution in [3.63, 3.8) is 0 Å². The van der Waals surface area contributed by atoms with Crippen LogP contribution in [0, 0.1) is 11.8 Å². The summed E-state index contributed by atoms with van der Waals surface area (Å²) in [5.74, 6) is 0.220. The zero-order valence-corrected chi connectivity index (χ0v) is 15.4. The van der Waals surface area contributed by atoms with Crippen LogP contribution in [0.2, 0.25) is 0 Å². The Morgan fingerprint density at radius 2 is 1.50 bits per heavy atom. The van der Waals surface area contributed by atoms with Crippen molar-refractivity contribution in [2.45, 2.75) is 26.7 Å². The first-order chi connectivity index (χ1) is 12.5. The molecule has 2 amide bonds. The predicted molar refractivity (Wildman–Crippen MR) is 105 cm³/mol. The number of amides is 2. The number of nitrogens with one attached hydrogen (secondary N) is 1. The molecule has 1 heterocycles. The molecular formula is C22H26N2O2. The molecule has 0 unspecified atom stereocenters. The van der Waals surface area contributed by atoms with E-state index in [1.807, 2.05) is 61.2 Å². The number of benzene rings is 2. The van der Waals surface area contributed by atoms with Gasteiger partial charge in [0.25, 0.3) is 0 Å². The van der Waals surface area contributed by atoms with Crippen molar-refractivity contribution in [1.29, 1.82) is 0 Å². The van der Waals surface area contributed by atoms with Crippen LogP contribution in [0.1, 0.15) is 26.7 Å². The average Bonchev–Trinajstić information content (AvgIpc) is 2.68. The molecule has 0 aliphatic carbocycles. The normalized spacial score (nSPS) is 15.1. The second-order valence-electron chi connectivity index (χ2n) is 7.19. The Kier molecular flexibility index (Phi) is 5.71. The summed E-state index contributed by atoms with van der Waals surface area (Å²) in [4.78, 5) is 26.4. The van der Waals surface area contributed by atoms with Crippen molar-refractivity contribution in [2.75, 3.05) is 18.4 Å². The Hall–Kier alpha value is -2.62. The van der Waals surface area contributed by atoms with Gasteiger partial charge in [0.15, 0.2) is 0 Å². The van der Waals surface area contributed by atoms with Crippen molar-refractivity contribution in [3.05, 3.63) is 54.6 Å². The van der Waals surface area contributed by atoms with Gasteiger partial charge >= 0.3 is 0 Å². The van der Waals surface area contributed by atoms with E-state index < -0.39 is 0 Å². The van der Waals surface area contributed by atoms with Crippen LogP contribution in [-0.4, -0.2) is 29.8 Å². The average molecular weight is 350 g/mol. The number of nitrogens with zero attached hydrogens (tertiary/aromatic N) is 1. The quantitative estimate of drug-likeness (QED) is 0.899. The molecule has 1 saturated heterocycles. The molecular weight excluding hydrogens is 324 g/mol. The number of likely N-dealkylation sites (tertiary alicyclic amines) is 1. The lowest BCUT2D eigenvalue weighted by Gasteiger charge is -2.32. The third kappa shape index (κ3) is 4.31. The summed E-state index contributed by atoms with van der Waals surface area (Å²) in [6, 6.07) is 18.1. The Balaban J connectivity index is 1.55. The Morgan fingerprint density at radius 3 is 2.08 bits per heavy atom. The van der Waals surface area contributed by atoms with Crippen molar-refractivity contribution in [1.82, 2.24) is 4.90 Å². The maximum atomic E-state index is 12.5. The molecule has 1 N–H and O–H groups in total. The molecule has 0 saturated carbocycles. The summed E-state index contributed by atoms with van der Waals surface area (Å²) in [6.45, 7) is 5.17. The van der Waals surface area contributed by atoms with Crippen LogP contribution in [0.25, 0.3) is 11.1 Å². The fourth-order valence-electron chi connectivity index (χ4n) is 3.35. The minimum Gasteiger partial charge on any atom is -0.342 e. The second kappa shape index (κ2) is 8.17. The number of carbonyl (C=O) groups excluding carboxylic acids is 2. The van der Waals surface area contributed by atoms with Crippen LogP contribution in [0.3, 0.4) is 0 Å². The molecule has 2 aromatic rings. The van der Waals surface area contributed by atoms with Crippen molar-refractivity contribution >= 4 is 17.5 Å². The van der Waals surface area contributed by atoms with Crippen LogP contribution >= 0.6 is 0 Å². The number of rotatable bonds is 4. The van der Waals surface area contributed by atoms with E-state index in [0.29, 0.717) is 13.1 Å². The summed E-state index contributed by atoms with van der Waals surface area (Å²) in [5.41, 5.74) is 3.10. The van der Waals surface area contributed by atoms with E-state index in [2.05, 4.69) is 17.4 Å². The number of hydrogen-bond donors (Lipinski definition) is 1. The van der Waals surface area contributed by atoms with E-state index in [0.717, 1.165) is 29.7 Å². The maximum Gasteiger partial charge on any atom is 0.227 e. The highest BCUT2D eigenvalue weighted by molar-refractivity contribution is 5.93. The van der Waals surface area contributed by atoms with Gasteiger partial charge in [-0.25, -0.2) is 0 Å². The van der Waals surface area contributed by atoms with Gasteiger partial charge in [-0.2, -0.15) is 0 Å². The summed E-state index contributed by atoms with van der Waals surface area (Å²) in [7, 11) is 0. The highest BCUT2D eigenvalue weighted by atomic mass is 16.2. The van der Waals surface area contributed by atoms with Crippen molar-refractivity contribution < 1.29 is 9.59 Å². The Morgan fingerprint density at radius 1 is 0.923 bits per heavy atom. The standard InChI is InChI=1S/C22H26N2O2/c1-16(2)22(26)24-14-12-19(13-15-24)21(25)23-20-10-8-18(9-11-20)17-6-4-3-5-7-17/h3-11,16,19H,12-15H2,1-2H3,(H,23,25). The predicted octanol–water partition coefficient (Wildman–Crippen LogP) is 4.19. The lowest BCUT2D eigenvalue weighted by Crippen LogP contribution is -2.43. The molecule has 4 heteroatoms. The molecule has 1 aliphatic rings. The third-order valence-electron chi connectivity index (χ3n) is 4.93. The zero-order chi connectivity index (χ0) is 18.5. The minimum atomic E-state index is -0.0278. The molecule has 3 rings (SSSR count). The number of anilines is 1. The van der Waals surface area contributed by atoms with Gasteiger partial charge in [-0.15, -0.1) is 0 Å². The van der Waals surface area contributed by atoms with Gasteiger partial charge in [0, 0.05) is 30.6 Å². The highest BCUT2D eigenvalue weighted by Crippen LogP contribution is 2.23. The summed E-state index contributed by atoms with van der Waals surface area (Å²) >= 11 is 0. The van der Waals surface area contributed by atoms with Crippen LogP contribution in [0.15, 0.2) is 54.6 Å². The fraction of sp³-hybridized carbons (Fsp3) is 0.364. The Labute approximate surface area is 155 Å². The number of piperidine rings is 1. The molecule has 136 valence electrons. The molecule has 0 spiro atoms. The van der Waals surface area contributed by atoms with Gasteiger partial charge in [-0.1, -0.05) is 56.3 Å². The molecule has 26 heavy (non-hydrogen) atoms. The highest BCUT2D eigenvalue weighted by Gasteiger charge is 2.28. The van der Waals surface area contributed by atoms with Crippen LogP contribution < -0.4 is 5.32 Å². The summed E-state index contributed by atoms with van der Waals surface area (Å²) < 4.78 is 0. The monoisotopic (exact) mass is 350 g/mol. The Bertz CT molecular complexity index is 745. The van der Waals surface area contributed by atoms with E-state index in [4.69, 9.17) is 0 Å². The molecule has 0 aromatic heterocycles. The van der Waals surface area contributed by atoms with Crippen LogP contribution in [0.4, 0.5) is 5.69 Å². The number of hydrogen-bond acceptors (Lipinski definition) is 2. The second-order valence-corrected chi connectivity index (χ2v) is 7.19. The molecule has 0 radical (unpaired) electrons. The van der Waals surface area contributed by atoms with Gasteiger partial charge < -0.3 is 10.2 Å². The fourth-order valence-corrected chi connectivity index (χ4v) is 3.35. The number of carbonyl (C=O) groups is 2. The van der Waals surface area contributed by atoms with Gasteiger partial charge in [0.2, 0.25) is 11.8 Å². The van der Waals surface area contributed by atoms with E-state index in [1.165, 1.54) is 0 Å². The first-order valence-corrected chi connectivity index (χ1v) is 9.29. The van der Waals surface area contributed by atoms with E-state index in [-0.39, 0.29) is 23.7 Å². The molecule has 1 aliphatic heterocycles. The van der Waals surface area contributed by atoms with Gasteiger partial charge in [0.05, 0.1) is 0 Å². The smallest absolute Gasteiger partial charge is 0.227 e. The molecule has 2 aromatic carbocycles. The zero-order valence-electron chi connectivity index (χ0n) is 15.4. The van der Waals surface area contributed by atoms with E-state index in [9.17, 15) is 9.59 Å². The topological polar surface area (TPSA) is 49.4 Å². The lowest BCUT2D eigenvalue weighted by atomic mass is 9.95. The SMILES string of the molecule is CC(C)C(=O)N1CCC(C(=O)Nc2ccc(-c3ccccc3)cc2)CC1. The summed E-state index contributed by atoms with van der Waals surface area (Å²) in [5, 5.41) is 3.01. The third-order valence-corrected chi connectivity index (χ3v) is 4.93. The van der Waals surface area contributed by atoms with Crippen LogP contribution in [-0.2, 0) is 9.59 Å². The van der Waals surface area contributed by atoms with Crippen molar-refractivity contribution in [2.24, 2.45) is 11.8 Å². The van der Waals surface area contributed by atoms with E-state index >= 15 is 0 Å². The molecule has 4 nitrogen and oxygen atoms in total. The first kappa shape index (κ1) is 18.2. The summed E-state index contributed by atoms with van der Waals surface area (Å²) in [6.07, 6.45) is 1.46. The first-order valence-electron chi connectivity index (χ1n) is 9.29. The van der Waals surface area contributed by atoms with Crippen LogP contribution in [0.5, 0.6) is 0 Å². The van der Waals surface area contributed by atoms with Crippen molar-refractivity contribution in [3.8, 4) is 11.1 Å². The van der Waals surface area contributed by atoms with Gasteiger partial charge in [-0.3, -0.25) is 9.59 Å². The molecule has 1 fully saturated rings.